The van der Waals surface area contributed by atoms with Gasteiger partial charge in [0.05, 0.1) is 16.1 Å². The Hall–Kier alpha value is -2.40. The normalized spacial score (nSPS) is 10.1. The Balaban J connectivity index is 2.27. The molecule has 0 aliphatic carbocycles. The number of benzene rings is 2. The van der Waals surface area contributed by atoms with E-state index in [2.05, 4.69) is 5.32 Å². The number of amides is 2. The van der Waals surface area contributed by atoms with Crippen LogP contribution in [0.4, 0.5) is 10.1 Å². The maximum Gasteiger partial charge on any atom is 0.258 e. The number of anilines is 1. The van der Waals surface area contributed by atoms with Gasteiger partial charge in [-0.05, 0) is 30.3 Å². The van der Waals surface area contributed by atoms with Gasteiger partial charge in [-0.2, -0.15) is 0 Å². The average molecular weight is 293 g/mol. The molecule has 3 N–H and O–H groups in total. The Morgan fingerprint density at radius 1 is 1.10 bits per heavy atom. The van der Waals surface area contributed by atoms with E-state index in [4.69, 9.17) is 17.3 Å². The van der Waals surface area contributed by atoms with E-state index in [0.717, 1.165) is 0 Å². The molecule has 0 unspecified atom stereocenters. The molecule has 2 amide bonds. The molecule has 20 heavy (non-hydrogen) atoms. The average Bonchev–Trinajstić information content (AvgIpc) is 2.41. The molecule has 0 saturated carbocycles. The van der Waals surface area contributed by atoms with Crippen LogP contribution in [0, 0.1) is 5.82 Å². The van der Waals surface area contributed by atoms with Gasteiger partial charge in [-0.1, -0.05) is 23.7 Å². The van der Waals surface area contributed by atoms with Crippen molar-refractivity contribution >= 4 is 29.1 Å². The van der Waals surface area contributed by atoms with E-state index in [1.165, 1.54) is 36.4 Å². The fraction of sp³-hybridized carbons (Fsp3) is 0. The van der Waals surface area contributed by atoms with Crippen LogP contribution in [0.15, 0.2) is 42.5 Å². The number of primary amides is 1. The topological polar surface area (TPSA) is 72.2 Å². The van der Waals surface area contributed by atoms with Crippen molar-refractivity contribution in [2.24, 2.45) is 5.73 Å². The molecule has 0 aliphatic rings. The number of hydrogen-bond donors (Lipinski definition) is 2. The summed E-state index contributed by atoms with van der Waals surface area (Å²) >= 11 is 5.80. The zero-order valence-electron chi connectivity index (χ0n) is 10.2. The Morgan fingerprint density at radius 3 is 2.45 bits per heavy atom. The molecular formula is C14H10ClFN2O2. The molecule has 0 spiro atoms. The molecule has 2 aromatic carbocycles. The van der Waals surface area contributed by atoms with Crippen LogP contribution >= 0.6 is 11.6 Å². The highest BCUT2D eigenvalue weighted by Gasteiger charge is 2.13. The molecular weight excluding hydrogens is 283 g/mol. The molecule has 0 fully saturated rings. The zero-order chi connectivity index (χ0) is 14.7. The van der Waals surface area contributed by atoms with Crippen molar-refractivity contribution in [2.45, 2.75) is 0 Å². The van der Waals surface area contributed by atoms with Gasteiger partial charge in [-0.25, -0.2) is 4.39 Å². The van der Waals surface area contributed by atoms with Crippen LogP contribution < -0.4 is 11.1 Å². The first-order valence-corrected chi connectivity index (χ1v) is 6.02. The maximum absolute atomic E-state index is 13.5. The summed E-state index contributed by atoms with van der Waals surface area (Å²) in [5.41, 5.74) is 5.44. The van der Waals surface area contributed by atoms with Gasteiger partial charge in [0.25, 0.3) is 5.91 Å². The van der Waals surface area contributed by atoms with E-state index in [-0.39, 0.29) is 16.1 Å². The van der Waals surface area contributed by atoms with Crippen LogP contribution in [-0.4, -0.2) is 11.8 Å². The van der Waals surface area contributed by atoms with Crippen LogP contribution in [0.2, 0.25) is 5.02 Å². The fourth-order valence-corrected chi connectivity index (χ4v) is 1.85. The van der Waals surface area contributed by atoms with Crippen molar-refractivity contribution in [3.05, 3.63) is 64.4 Å². The maximum atomic E-state index is 13.5. The predicted octanol–water partition coefficient (Wildman–Crippen LogP) is 2.83. The molecule has 0 aliphatic heterocycles. The van der Waals surface area contributed by atoms with Crippen LogP contribution in [0.5, 0.6) is 0 Å². The zero-order valence-corrected chi connectivity index (χ0v) is 10.9. The van der Waals surface area contributed by atoms with Crippen LogP contribution in [0.3, 0.4) is 0 Å². The van der Waals surface area contributed by atoms with Crippen molar-refractivity contribution in [2.75, 3.05) is 5.32 Å². The number of rotatable bonds is 3. The third-order valence-electron chi connectivity index (χ3n) is 2.61. The van der Waals surface area contributed by atoms with E-state index in [0.29, 0.717) is 5.69 Å². The number of carbonyl (C=O) groups is 2. The minimum absolute atomic E-state index is 0.0815. The Morgan fingerprint density at radius 2 is 1.80 bits per heavy atom. The first-order chi connectivity index (χ1) is 9.49. The van der Waals surface area contributed by atoms with Crippen molar-refractivity contribution < 1.29 is 14.0 Å². The van der Waals surface area contributed by atoms with Crippen molar-refractivity contribution in [3.8, 4) is 0 Å². The second-order valence-electron chi connectivity index (χ2n) is 3.99. The molecule has 2 rings (SSSR count). The van der Waals surface area contributed by atoms with Gasteiger partial charge in [0.15, 0.2) is 0 Å². The van der Waals surface area contributed by atoms with E-state index < -0.39 is 17.6 Å². The summed E-state index contributed by atoms with van der Waals surface area (Å²) in [5.74, 6) is -1.97. The monoisotopic (exact) mass is 292 g/mol. The number of nitrogens with one attached hydrogen (secondary N) is 1. The second kappa shape index (κ2) is 5.71. The Kier molecular flexibility index (Phi) is 4.00. The SMILES string of the molecule is NC(=O)c1cc(NC(=O)c2ccccc2F)ccc1Cl. The van der Waals surface area contributed by atoms with Gasteiger partial charge in [0.1, 0.15) is 5.82 Å². The number of carbonyl (C=O) groups excluding carboxylic acids is 2. The quantitative estimate of drug-likeness (QED) is 0.913. The first-order valence-electron chi connectivity index (χ1n) is 5.64. The third kappa shape index (κ3) is 2.95. The number of nitrogens with two attached hydrogens (primary N) is 1. The van der Waals surface area contributed by atoms with E-state index in [1.54, 1.807) is 6.07 Å². The first kappa shape index (κ1) is 14.0. The molecule has 0 bridgehead atoms. The minimum atomic E-state index is -0.711. The molecule has 0 radical (unpaired) electrons. The standard InChI is InChI=1S/C14H10ClFN2O2/c15-11-6-5-8(7-10(11)13(17)19)18-14(20)9-3-1-2-4-12(9)16/h1-7H,(H2,17,19)(H,18,20). The van der Waals surface area contributed by atoms with Crippen LogP contribution in [-0.2, 0) is 0 Å². The summed E-state index contributed by atoms with van der Waals surface area (Å²) in [6.45, 7) is 0. The highest BCUT2D eigenvalue weighted by atomic mass is 35.5. The molecule has 2 aromatic rings. The lowest BCUT2D eigenvalue weighted by Gasteiger charge is -2.08. The highest BCUT2D eigenvalue weighted by Crippen LogP contribution is 2.21. The molecule has 6 heteroatoms. The Labute approximate surface area is 119 Å². The molecule has 4 nitrogen and oxygen atoms in total. The largest absolute Gasteiger partial charge is 0.366 e. The molecule has 0 saturated heterocycles. The lowest BCUT2D eigenvalue weighted by molar-refractivity contribution is 0.0995. The fourth-order valence-electron chi connectivity index (χ4n) is 1.64. The van der Waals surface area contributed by atoms with Crippen molar-refractivity contribution in [1.82, 2.24) is 0 Å². The van der Waals surface area contributed by atoms with Gasteiger partial charge < -0.3 is 11.1 Å². The van der Waals surface area contributed by atoms with Gasteiger partial charge in [-0.15, -0.1) is 0 Å². The summed E-state index contributed by atoms with van der Waals surface area (Å²) in [7, 11) is 0. The third-order valence-corrected chi connectivity index (χ3v) is 2.94. The van der Waals surface area contributed by atoms with Crippen LogP contribution in [0.1, 0.15) is 20.7 Å². The summed E-state index contributed by atoms with van der Waals surface area (Å²) in [5, 5.41) is 2.66. The van der Waals surface area contributed by atoms with E-state index in [9.17, 15) is 14.0 Å². The minimum Gasteiger partial charge on any atom is -0.366 e. The van der Waals surface area contributed by atoms with Gasteiger partial charge in [0, 0.05) is 5.69 Å². The van der Waals surface area contributed by atoms with Crippen LogP contribution in [0.25, 0.3) is 0 Å². The van der Waals surface area contributed by atoms with Crippen molar-refractivity contribution in [1.29, 1.82) is 0 Å². The summed E-state index contributed by atoms with van der Waals surface area (Å²) in [4.78, 5) is 23.0. The van der Waals surface area contributed by atoms with Gasteiger partial charge in [-0.3, -0.25) is 9.59 Å². The van der Waals surface area contributed by atoms with E-state index in [1.807, 2.05) is 0 Å². The molecule has 0 aromatic heterocycles. The number of hydrogen-bond acceptors (Lipinski definition) is 2. The summed E-state index contributed by atoms with van der Waals surface area (Å²) < 4.78 is 13.5. The predicted molar refractivity (Wildman–Crippen MR) is 74.3 cm³/mol. The second-order valence-corrected chi connectivity index (χ2v) is 4.40. The molecule has 0 heterocycles. The highest BCUT2D eigenvalue weighted by molar-refractivity contribution is 6.34. The summed E-state index contributed by atoms with van der Waals surface area (Å²) in [6.07, 6.45) is 0. The summed E-state index contributed by atoms with van der Waals surface area (Å²) in [6, 6.07) is 9.84. The van der Waals surface area contributed by atoms with Crippen molar-refractivity contribution in [3.63, 3.8) is 0 Å². The lowest BCUT2D eigenvalue weighted by atomic mass is 10.1. The Bertz CT molecular complexity index is 689. The molecule has 102 valence electrons. The van der Waals surface area contributed by atoms with E-state index >= 15 is 0 Å². The smallest absolute Gasteiger partial charge is 0.258 e. The lowest BCUT2D eigenvalue weighted by Crippen LogP contribution is -2.15. The number of halogens is 2. The van der Waals surface area contributed by atoms with Gasteiger partial charge in [0.2, 0.25) is 5.91 Å². The van der Waals surface area contributed by atoms with Gasteiger partial charge >= 0.3 is 0 Å². The molecule has 0 atom stereocenters.